The van der Waals surface area contributed by atoms with Gasteiger partial charge in [0.15, 0.2) is 45.4 Å². The van der Waals surface area contributed by atoms with Crippen LogP contribution in [0.25, 0.3) is 0 Å². The highest BCUT2D eigenvalue weighted by Gasteiger charge is 2.55. The number of carbonyl (C=O) groups is 7. The van der Waals surface area contributed by atoms with Gasteiger partial charge in [-0.1, -0.05) is 105 Å². The summed E-state index contributed by atoms with van der Waals surface area (Å²) in [6.07, 6.45) is 7.17. The highest BCUT2D eigenvalue weighted by atomic mass is 28.4. The molecule has 3 N–H and O–H groups in total. The van der Waals surface area contributed by atoms with Gasteiger partial charge in [-0.25, -0.2) is 9.59 Å². The van der Waals surface area contributed by atoms with Gasteiger partial charge in [0.1, 0.15) is 19.8 Å². The van der Waals surface area contributed by atoms with Crippen LogP contribution < -0.4 is 34.9 Å². The number of carbonyl (C=O) groups excluding carboxylic acids is 7. The number of rotatable bonds is 32. The number of hydrogen-bond acceptors (Lipinski definition) is 16. The first-order valence-corrected chi connectivity index (χ1v) is 38.7. The topological polar surface area (TPSA) is 245 Å². The molecule has 2 saturated carbocycles. The molecule has 2 spiro atoms. The predicted octanol–water partition coefficient (Wildman–Crippen LogP) is 13.1. The molecule has 2 heterocycles. The van der Waals surface area contributed by atoms with Crippen molar-refractivity contribution in [2.75, 3.05) is 77.6 Å². The number of Topliss-reactive ketones (excluding diaryl/α,β-unsaturated/α-hetero) is 1. The van der Waals surface area contributed by atoms with Crippen LogP contribution >= 0.6 is 0 Å². The Morgan fingerprint density at radius 2 is 1.06 bits per heavy atom. The summed E-state index contributed by atoms with van der Waals surface area (Å²) in [5.41, 5.74) is 2.04. The van der Waals surface area contributed by atoms with Crippen LogP contribution in [0.5, 0.6) is 23.0 Å². The number of anilines is 2. The standard InChI is InChI=1S/C71H103N5O16Si2/c1-18-29-88-62(78)36-52(46(3)4)63(79)72-47(5)57(77)33-48-21-23-49(24-22-48)41-90-67(83)74-56-38-61(59(85-13)35-54(56)65(81)76-45-71(27-28-71)40-51(76)43-92-94(16,17)69(9,10)11)87-32-20-31-86-60-37-55(73-66(82)89-30-19-2)53(34-58(60)84-12)64(80)75-44-70(25-26-70)39-50(75)42-91-93(14,15)68(6,7)8/h18-19,21-24,34-35,37-38,46-47,50-52H,1-2,20,25-33,36,39-45H2,3-17H3,(H,72,79)(H,73,82)(H,74,83)/t47-,50-,51-,52-/m0/s1. The first-order valence-electron chi connectivity index (χ1n) is 32.9. The Morgan fingerprint density at radius 3 is 1.48 bits per heavy atom. The fourth-order valence-electron chi connectivity index (χ4n) is 11.3. The van der Waals surface area contributed by atoms with Crippen LogP contribution in [0.1, 0.15) is 146 Å². The Hall–Kier alpha value is -7.22. The van der Waals surface area contributed by atoms with Crippen LogP contribution in [-0.4, -0.2) is 153 Å². The van der Waals surface area contributed by atoms with Crippen molar-refractivity contribution in [2.45, 2.75) is 181 Å². The van der Waals surface area contributed by atoms with Gasteiger partial charge in [-0.05, 0) is 122 Å². The Labute approximate surface area is 558 Å². The number of nitrogens with one attached hydrogen (secondary N) is 3. The third kappa shape index (κ3) is 19.3. The molecule has 5 amide bonds. The summed E-state index contributed by atoms with van der Waals surface area (Å²) in [7, 11) is -1.39. The van der Waals surface area contributed by atoms with Crippen molar-refractivity contribution in [3.8, 4) is 23.0 Å². The highest BCUT2D eigenvalue weighted by Crippen LogP contribution is 2.57. The second-order valence-corrected chi connectivity index (χ2v) is 38.9. The number of methoxy groups -OCH3 is 2. The first-order chi connectivity index (χ1) is 44.2. The maximum atomic E-state index is 15.1. The van der Waals surface area contributed by atoms with Crippen molar-refractivity contribution in [3.05, 3.63) is 96.1 Å². The molecule has 3 aromatic carbocycles. The van der Waals surface area contributed by atoms with Gasteiger partial charge in [-0.2, -0.15) is 0 Å². The third-order valence-electron chi connectivity index (χ3n) is 19.7. The average Bonchev–Trinajstić information content (AvgIpc) is 1.59. The van der Waals surface area contributed by atoms with Crippen molar-refractivity contribution in [1.82, 2.24) is 15.1 Å². The highest BCUT2D eigenvalue weighted by molar-refractivity contribution is 6.74. The van der Waals surface area contributed by atoms with E-state index in [4.69, 9.17) is 42.0 Å². The van der Waals surface area contributed by atoms with Gasteiger partial charge in [0, 0.05) is 38.1 Å². The lowest BCUT2D eigenvalue weighted by atomic mass is 9.91. The summed E-state index contributed by atoms with van der Waals surface area (Å²) in [6, 6.07) is 12.0. The first kappa shape index (κ1) is 74.2. The zero-order valence-electron chi connectivity index (χ0n) is 58.2. The van der Waals surface area contributed by atoms with E-state index in [0.29, 0.717) is 43.9 Å². The largest absolute Gasteiger partial charge is 0.493 e. The molecule has 0 unspecified atom stereocenters. The molecular formula is C71H103N5O16Si2. The quantitative estimate of drug-likeness (QED) is 0.0173. The molecule has 2 aliphatic heterocycles. The number of likely N-dealkylation sites (tertiary alicyclic amines) is 2. The van der Waals surface area contributed by atoms with Gasteiger partial charge in [0.25, 0.3) is 11.8 Å². The Morgan fingerprint density at radius 1 is 0.628 bits per heavy atom. The Kier molecular flexibility index (Phi) is 24.6. The molecular weight excluding hydrogens is 1230 g/mol. The van der Waals surface area contributed by atoms with Crippen molar-refractivity contribution in [2.24, 2.45) is 22.7 Å². The van der Waals surface area contributed by atoms with E-state index in [-0.39, 0.29) is 148 Å². The SMILES string of the molecule is C=CCOC(=O)C[C@H](C(=O)N[C@@H](C)C(=O)Cc1ccc(COC(=O)Nc2cc(OCCCOc3cc(NC(=O)OCC=C)c(C(=O)N4CC5(CC5)C[C@H]4CO[Si](C)(C)C(C)(C)C)cc3OC)c(OC)cc2C(=O)N2CC3(CC3)C[C@H]2CO[Si](C)(C)C(C)(C)C)cc1)C(C)C. The maximum absolute atomic E-state index is 15.1. The van der Waals surface area contributed by atoms with Crippen LogP contribution in [0, 0.1) is 22.7 Å². The van der Waals surface area contributed by atoms with E-state index in [9.17, 15) is 28.8 Å². The summed E-state index contributed by atoms with van der Waals surface area (Å²) in [5, 5.41) is 8.31. The fraction of sp³-hybridized carbons (Fsp3) is 0.592. The molecule has 21 nitrogen and oxygen atoms in total. The fourth-order valence-corrected chi connectivity index (χ4v) is 13.4. The van der Waals surface area contributed by atoms with E-state index in [1.165, 1.54) is 26.4 Å². The lowest BCUT2D eigenvalue weighted by molar-refractivity contribution is -0.146. The van der Waals surface area contributed by atoms with E-state index in [2.05, 4.69) is 96.8 Å². The van der Waals surface area contributed by atoms with E-state index in [1.54, 1.807) is 55.5 Å². The summed E-state index contributed by atoms with van der Waals surface area (Å²) in [5.74, 6) is -1.64. The van der Waals surface area contributed by atoms with E-state index in [0.717, 1.165) is 38.5 Å². The number of ketones is 1. The van der Waals surface area contributed by atoms with Crippen LogP contribution in [-0.2, 0) is 50.5 Å². The van der Waals surface area contributed by atoms with Crippen molar-refractivity contribution >= 4 is 69.7 Å². The number of ether oxygens (including phenoxy) is 7. The molecule has 4 fully saturated rings. The van der Waals surface area contributed by atoms with Crippen molar-refractivity contribution < 1.29 is 75.6 Å². The number of hydrogen-bond donors (Lipinski definition) is 3. The molecule has 4 atom stereocenters. The van der Waals surface area contributed by atoms with Gasteiger partial charge >= 0.3 is 18.2 Å². The Balaban J connectivity index is 1.06. The van der Waals surface area contributed by atoms with Crippen LogP contribution in [0.3, 0.4) is 0 Å². The molecule has 4 aliphatic rings. The number of amides is 5. The average molecular weight is 1340 g/mol. The predicted molar refractivity (Wildman–Crippen MR) is 366 cm³/mol. The number of nitrogens with zero attached hydrogens (tertiary/aromatic N) is 2. The monoisotopic (exact) mass is 1340 g/mol. The van der Waals surface area contributed by atoms with E-state index < -0.39 is 52.7 Å². The molecule has 3 aromatic rings. The minimum absolute atomic E-state index is 0.00666. The van der Waals surface area contributed by atoms with Crippen LogP contribution in [0.2, 0.25) is 36.3 Å². The second-order valence-electron chi connectivity index (χ2n) is 29.3. The van der Waals surface area contributed by atoms with Crippen molar-refractivity contribution in [3.63, 3.8) is 0 Å². The van der Waals surface area contributed by atoms with E-state index in [1.807, 2.05) is 23.6 Å². The van der Waals surface area contributed by atoms with Crippen molar-refractivity contribution in [1.29, 1.82) is 0 Å². The summed E-state index contributed by atoms with van der Waals surface area (Å²) < 4.78 is 54.0. The molecule has 0 aromatic heterocycles. The second kappa shape index (κ2) is 31.1. The molecule has 0 bridgehead atoms. The number of benzene rings is 3. The molecule has 7 rings (SSSR count). The lowest BCUT2D eigenvalue weighted by Gasteiger charge is -2.38. The zero-order chi connectivity index (χ0) is 69.1. The van der Waals surface area contributed by atoms with Crippen LogP contribution in [0.4, 0.5) is 21.0 Å². The van der Waals surface area contributed by atoms with Gasteiger partial charge < -0.3 is 57.1 Å². The molecule has 94 heavy (non-hydrogen) atoms. The minimum Gasteiger partial charge on any atom is -0.493 e. The Bertz CT molecular complexity index is 3240. The van der Waals surface area contributed by atoms with Gasteiger partial charge in [0.2, 0.25) is 5.91 Å². The van der Waals surface area contributed by atoms with Gasteiger partial charge in [-0.15, -0.1) is 0 Å². The number of esters is 1. The molecule has 0 radical (unpaired) electrons. The van der Waals surface area contributed by atoms with Gasteiger partial charge in [-0.3, -0.25) is 34.6 Å². The summed E-state index contributed by atoms with van der Waals surface area (Å²) in [6.45, 7) is 36.3. The minimum atomic E-state index is -2.20. The molecule has 2 saturated heterocycles. The summed E-state index contributed by atoms with van der Waals surface area (Å²) in [4.78, 5) is 99.6. The summed E-state index contributed by atoms with van der Waals surface area (Å²) >= 11 is 0. The molecule has 516 valence electrons. The maximum Gasteiger partial charge on any atom is 0.411 e. The lowest BCUT2D eigenvalue weighted by Crippen LogP contribution is -2.46. The zero-order valence-corrected chi connectivity index (χ0v) is 60.2. The van der Waals surface area contributed by atoms with E-state index >= 15 is 4.79 Å². The molecule has 23 heteroatoms. The normalized spacial score (nSPS) is 17.8. The third-order valence-corrected chi connectivity index (χ3v) is 28.7. The van der Waals surface area contributed by atoms with Gasteiger partial charge in [0.05, 0.1) is 93.6 Å². The smallest absolute Gasteiger partial charge is 0.411 e. The van der Waals surface area contributed by atoms with Crippen LogP contribution in [0.15, 0.2) is 73.8 Å². The molecule has 2 aliphatic carbocycles.